The molecule has 0 aliphatic rings. The molecule has 0 spiro atoms. The van der Waals surface area contributed by atoms with Crippen LogP contribution in [0.1, 0.15) is 0 Å². The number of anilines is 3. The zero-order valence-corrected chi connectivity index (χ0v) is 9.78. The molecular formula is C13H11F2N3O. The van der Waals surface area contributed by atoms with Gasteiger partial charge in [0.15, 0.2) is 0 Å². The van der Waals surface area contributed by atoms with Crippen LogP contribution in [0.15, 0.2) is 42.5 Å². The molecule has 0 saturated carbocycles. The first-order valence-electron chi connectivity index (χ1n) is 5.44. The van der Waals surface area contributed by atoms with Gasteiger partial charge in [0.05, 0.1) is 17.1 Å². The lowest BCUT2D eigenvalue weighted by atomic mass is 10.2. The average molecular weight is 263 g/mol. The highest BCUT2D eigenvalue weighted by atomic mass is 19.1. The molecule has 0 heterocycles. The standard InChI is InChI=1S/C13H11F2N3O/c14-8-5-6-10(16)12(7-8)18-13(19)17-11-4-2-1-3-9(11)15/h1-7H,16H2,(H2,17,18,19). The van der Waals surface area contributed by atoms with E-state index in [0.29, 0.717) is 0 Å². The fourth-order valence-corrected chi connectivity index (χ4v) is 1.48. The summed E-state index contributed by atoms with van der Waals surface area (Å²) in [5.41, 5.74) is 5.93. The summed E-state index contributed by atoms with van der Waals surface area (Å²) in [7, 11) is 0. The van der Waals surface area contributed by atoms with E-state index in [1.165, 1.54) is 30.3 Å². The largest absolute Gasteiger partial charge is 0.397 e. The molecule has 0 radical (unpaired) electrons. The van der Waals surface area contributed by atoms with Gasteiger partial charge >= 0.3 is 6.03 Å². The Bertz CT molecular complexity index is 617. The van der Waals surface area contributed by atoms with Crippen molar-refractivity contribution in [2.75, 3.05) is 16.4 Å². The molecule has 2 rings (SSSR count). The van der Waals surface area contributed by atoms with Crippen LogP contribution >= 0.6 is 0 Å². The molecular weight excluding hydrogens is 252 g/mol. The van der Waals surface area contributed by atoms with Gasteiger partial charge in [-0.2, -0.15) is 0 Å². The minimum absolute atomic E-state index is 0.0231. The van der Waals surface area contributed by atoms with E-state index >= 15 is 0 Å². The molecule has 6 heteroatoms. The van der Waals surface area contributed by atoms with Gasteiger partial charge in [0.25, 0.3) is 0 Å². The second-order valence-electron chi connectivity index (χ2n) is 3.79. The van der Waals surface area contributed by atoms with E-state index in [4.69, 9.17) is 5.73 Å². The monoisotopic (exact) mass is 263 g/mol. The maximum atomic E-state index is 13.3. The summed E-state index contributed by atoms with van der Waals surface area (Å²) in [5.74, 6) is -1.10. The predicted octanol–water partition coefficient (Wildman–Crippen LogP) is 3.19. The normalized spacial score (nSPS) is 10.0. The zero-order valence-electron chi connectivity index (χ0n) is 9.78. The number of benzene rings is 2. The number of urea groups is 1. The van der Waals surface area contributed by atoms with Crippen LogP contribution in [0.5, 0.6) is 0 Å². The maximum Gasteiger partial charge on any atom is 0.323 e. The number of para-hydroxylation sites is 1. The molecule has 0 aromatic heterocycles. The van der Waals surface area contributed by atoms with E-state index in [1.807, 2.05) is 0 Å². The third kappa shape index (κ3) is 3.19. The summed E-state index contributed by atoms with van der Waals surface area (Å²) >= 11 is 0. The highest BCUT2D eigenvalue weighted by Gasteiger charge is 2.08. The van der Waals surface area contributed by atoms with E-state index in [1.54, 1.807) is 6.07 Å². The minimum atomic E-state index is -0.706. The number of nitrogens with one attached hydrogen (secondary N) is 2. The first-order valence-corrected chi connectivity index (χ1v) is 5.44. The van der Waals surface area contributed by atoms with Crippen LogP contribution in [0.4, 0.5) is 30.6 Å². The van der Waals surface area contributed by atoms with E-state index in [9.17, 15) is 13.6 Å². The number of hydrogen-bond donors (Lipinski definition) is 3. The van der Waals surface area contributed by atoms with Crippen LogP contribution in [0, 0.1) is 11.6 Å². The fraction of sp³-hybridized carbons (Fsp3) is 0. The number of nitrogen functional groups attached to an aromatic ring is 1. The number of nitrogens with two attached hydrogens (primary N) is 1. The summed E-state index contributed by atoms with van der Waals surface area (Å²) < 4.78 is 26.3. The van der Waals surface area contributed by atoms with Crippen LogP contribution < -0.4 is 16.4 Å². The van der Waals surface area contributed by atoms with Gasteiger partial charge in [-0.15, -0.1) is 0 Å². The molecule has 0 atom stereocenters. The Labute approximate surface area is 108 Å². The summed E-state index contributed by atoms with van der Waals surface area (Å²) in [6, 6.07) is 8.58. The molecule has 0 aliphatic heterocycles. The van der Waals surface area contributed by atoms with Gasteiger partial charge in [0.2, 0.25) is 0 Å². The van der Waals surface area contributed by atoms with Crippen molar-refractivity contribution in [1.82, 2.24) is 0 Å². The third-order valence-corrected chi connectivity index (χ3v) is 2.39. The molecule has 2 amide bonds. The molecule has 0 fully saturated rings. The Kier molecular flexibility index (Phi) is 3.61. The van der Waals surface area contributed by atoms with Crippen molar-refractivity contribution in [2.45, 2.75) is 0 Å². The Hall–Kier alpha value is -2.63. The van der Waals surface area contributed by atoms with Gasteiger partial charge in [0, 0.05) is 0 Å². The van der Waals surface area contributed by atoms with Gasteiger partial charge in [-0.05, 0) is 30.3 Å². The highest BCUT2D eigenvalue weighted by molar-refractivity contribution is 6.01. The molecule has 0 saturated heterocycles. The summed E-state index contributed by atoms with van der Waals surface area (Å²) in [4.78, 5) is 11.6. The van der Waals surface area contributed by atoms with Crippen molar-refractivity contribution in [3.8, 4) is 0 Å². The summed E-state index contributed by atoms with van der Waals surface area (Å²) in [6.07, 6.45) is 0. The number of carbonyl (C=O) groups is 1. The molecule has 4 nitrogen and oxygen atoms in total. The van der Waals surface area contributed by atoms with Crippen molar-refractivity contribution in [1.29, 1.82) is 0 Å². The Morgan fingerprint density at radius 1 is 1.00 bits per heavy atom. The predicted molar refractivity (Wildman–Crippen MR) is 69.9 cm³/mol. The van der Waals surface area contributed by atoms with Gasteiger partial charge in [0.1, 0.15) is 11.6 Å². The van der Waals surface area contributed by atoms with Gasteiger partial charge in [-0.3, -0.25) is 0 Å². The Morgan fingerprint density at radius 2 is 1.68 bits per heavy atom. The molecule has 2 aromatic carbocycles. The van der Waals surface area contributed by atoms with E-state index < -0.39 is 17.7 Å². The average Bonchev–Trinajstić information content (AvgIpc) is 2.37. The lowest BCUT2D eigenvalue weighted by Gasteiger charge is -2.10. The highest BCUT2D eigenvalue weighted by Crippen LogP contribution is 2.20. The number of rotatable bonds is 2. The molecule has 19 heavy (non-hydrogen) atoms. The number of halogens is 2. The molecule has 0 unspecified atom stereocenters. The van der Waals surface area contributed by atoms with Crippen molar-refractivity contribution >= 4 is 23.1 Å². The van der Waals surface area contributed by atoms with Gasteiger partial charge in [-0.1, -0.05) is 12.1 Å². The second-order valence-corrected chi connectivity index (χ2v) is 3.79. The number of hydrogen-bond acceptors (Lipinski definition) is 2. The quantitative estimate of drug-likeness (QED) is 0.728. The van der Waals surface area contributed by atoms with Crippen molar-refractivity contribution < 1.29 is 13.6 Å². The van der Waals surface area contributed by atoms with E-state index in [0.717, 1.165) is 6.07 Å². The zero-order chi connectivity index (χ0) is 13.8. The third-order valence-electron chi connectivity index (χ3n) is 2.39. The molecule has 4 N–H and O–H groups in total. The first kappa shape index (κ1) is 12.8. The van der Waals surface area contributed by atoms with Crippen molar-refractivity contribution in [3.05, 3.63) is 54.1 Å². The van der Waals surface area contributed by atoms with Crippen LogP contribution in [-0.4, -0.2) is 6.03 Å². The fourth-order valence-electron chi connectivity index (χ4n) is 1.48. The number of carbonyl (C=O) groups excluding carboxylic acids is 1. The van der Waals surface area contributed by atoms with Crippen molar-refractivity contribution in [3.63, 3.8) is 0 Å². The lowest BCUT2D eigenvalue weighted by molar-refractivity contribution is 0.262. The smallest absolute Gasteiger partial charge is 0.323 e. The van der Waals surface area contributed by atoms with Crippen LogP contribution in [0.2, 0.25) is 0 Å². The maximum absolute atomic E-state index is 13.3. The van der Waals surface area contributed by atoms with Crippen molar-refractivity contribution in [2.24, 2.45) is 0 Å². The molecule has 0 aliphatic carbocycles. The topological polar surface area (TPSA) is 67.1 Å². The lowest BCUT2D eigenvalue weighted by Crippen LogP contribution is -2.20. The number of amides is 2. The van der Waals surface area contributed by atoms with Crippen LogP contribution in [0.25, 0.3) is 0 Å². The SMILES string of the molecule is Nc1ccc(F)cc1NC(=O)Nc1ccccc1F. The first-order chi connectivity index (χ1) is 9.06. The molecule has 2 aromatic rings. The van der Waals surface area contributed by atoms with Gasteiger partial charge < -0.3 is 16.4 Å². The van der Waals surface area contributed by atoms with Crippen LogP contribution in [0.3, 0.4) is 0 Å². The van der Waals surface area contributed by atoms with E-state index in [-0.39, 0.29) is 17.1 Å². The van der Waals surface area contributed by atoms with Crippen LogP contribution in [-0.2, 0) is 0 Å². The summed E-state index contributed by atoms with van der Waals surface area (Å²) in [6.45, 7) is 0. The molecule has 98 valence electrons. The summed E-state index contributed by atoms with van der Waals surface area (Å²) in [5, 5.41) is 4.65. The van der Waals surface area contributed by atoms with E-state index in [2.05, 4.69) is 10.6 Å². The molecule has 0 bridgehead atoms. The second kappa shape index (κ2) is 5.34. The Balaban J connectivity index is 2.10. The Morgan fingerprint density at radius 3 is 2.42 bits per heavy atom. The van der Waals surface area contributed by atoms with Gasteiger partial charge in [-0.25, -0.2) is 13.6 Å². The minimum Gasteiger partial charge on any atom is -0.397 e.